The van der Waals surface area contributed by atoms with Gasteiger partial charge in [0, 0.05) is 14.1 Å². The fourth-order valence-electron chi connectivity index (χ4n) is 0.670. The summed E-state index contributed by atoms with van der Waals surface area (Å²) in [6.07, 6.45) is 1.80. The normalized spacial score (nSPS) is 10.4. The Bertz CT molecular complexity index is 227. The van der Waals surface area contributed by atoms with Gasteiger partial charge in [0.05, 0.1) is 6.21 Å². The molecule has 2 nitrogen and oxygen atoms in total. The summed E-state index contributed by atoms with van der Waals surface area (Å²) >= 11 is 0. The lowest BCUT2D eigenvalue weighted by atomic mass is 10.2. The van der Waals surface area contributed by atoms with Gasteiger partial charge in [-0.15, -0.1) is 0 Å². The average molecular weight is 147 g/mol. The van der Waals surface area contributed by atoms with Gasteiger partial charge in [-0.1, -0.05) is 18.2 Å². The molecule has 1 aromatic carbocycles. The standard InChI is InChI=1S/C9H11N2/c1-11(2)10-8-9-6-4-3-5-7-9/h3-4,6-8H,1-2H3. The van der Waals surface area contributed by atoms with Crippen molar-refractivity contribution < 1.29 is 0 Å². The predicted octanol–water partition coefficient (Wildman–Crippen LogP) is 1.38. The first-order valence-corrected chi connectivity index (χ1v) is 3.46. The lowest BCUT2D eigenvalue weighted by Crippen LogP contribution is -2.01. The third-order valence-corrected chi connectivity index (χ3v) is 1.17. The molecule has 0 saturated heterocycles. The Balaban J connectivity index is 2.65. The van der Waals surface area contributed by atoms with Crippen LogP contribution >= 0.6 is 0 Å². The van der Waals surface area contributed by atoms with Crippen LogP contribution in [0.2, 0.25) is 0 Å². The fraction of sp³-hybridized carbons (Fsp3) is 0.222. The summed E-state index contributed by atoms with van der Waals surface area (Å²) in [5.74, 6) is 0. The highest BCUT2D eigenvalue weighted by Crippen LogP contribution is 1.93. The van der Waals surface area contributed by atoms with Crippen LogP contribution in [0.15, 0.2) is 29.4 Å². The Hall–Kier alpha value is -1.31. The van der Waals surface area contributed by atoms with Gasteiger partial charge in [0.25, 0.3) is 0 Å². The Morgan fingerprint density at radius 3 is 2.91 bits per heavy atom. The zero-order valence-corrected chi connectivity index (χ0v) is 6.78. The summed E-state index contributed by atoms with van der Waals surface area (Å²) in [5, 5.41) is 5.84. The molecule has 1 aromatic rings. The summed E-state index contributed by atoms with van der Waals surface area (Å²) in [4.78, 5) is 0. The van der Waals surface area contributed by atoms with Crippen LogP contribution in [0.1, 0.15) is 5.56 Å². The monoisotopic (exact) mass is 147 g/mol. The topological polar surface area (TPSA) is 15.6 Å². The molecular weight excluding hydrogens is 136 g/mol. The lowest BCUT2D eigenvalue weighted by molar-refractivity contribution is 0.440. The van der Waals surface area contributed by atoms with Crippen LogP contribution in [-0.4, -0.2) is 25.3 Å². The SMILES string of the molecule is CN(C)N=Cc1c[c]ccc1. The summed E-state index contributed by atoms with van der Waals surface area (Å²) in [7, 11) is 3.78. The molecule has 0 aromatic heterocycles. The molecule has 57 valence electrons. The van der Waals surface area contributed by atoms with Gasteiger partial charge in [-0.05, 0) is 17.7 Å². The molecule has 0 aliphatic heterocycles. The van der Waals surface area contributed by atoms with Gasteiger partial charge >= 0.3 is 0 Å². The van der Waals surface area contributed by atoms with Gasteiger partial charge in [-0.3, -0.25) is 0 Å². The van der Waals surface area contributed by atoms with Crippen molar-refractivity contribution in [3.05, 3.63) is 35.9 Å². The zero-order valence-electron chi connectivity index (χ0n) is 6.78. The fourth-order valence-corrected chi connectivity index (χ4v) is 0.670. The molecule has 0 heterocycles. The Kier molecular flexibility index (Phi) is 2.66. The van der Waals surface area contributed by atoms with Crippen LogP contribution in [-0.2, 0) is 0 Å². The third kappa shape index (κ3) is 2.85. The number of hydrogen-bond donors (Lipinski definition) is 0. The van der Waals surface area contributed by atoms with Gasteiger partial charge in [-0.2, -0.15) is 5.10 Å². The van der Waals surface area contributed by atoms with Gasteiger partial charge in [0.2, 0.25) is 0 Å². The highest BCUT2D eigenvalue weighted by Gasteiger charge is 1.83. The van der Waals surface area contributed by atoms with E-state index in [1.807, 2.05) is 38.4 Å². The van der Waals surface area contributed by atoms with E-state index in [4.69, 9.17) is 0 Å². The summed E-state index contributed by atoms with van der Waals surface area (Å²) < 4.78 is 0. The Morgan fingerprint density at radius 1 is 1.55 bits per heavy atom. The third-order valence-electron chi connectivity index (χ3n) is 1.17. The molecule has 0 fully saturated rings. The summed E-state index contributed by atoms with van der Waals surface area (Å²) in [6, 6.07) is 10.7. The van der Waals surface area contributed by atoms with Gasteiger partial charge in [0.15, 0.2) is 0 Å². The summed E-state index contributed by atoms with van der Waals surface area (Å²) in [6.45, 7) is 0. The molecule has 1 rings (SSSR count). The van der Waals surface area contributed by atoms with Crippen molar-refractivity contribution in [2.75, 3.05) is 14.1 Å². The molecule has 0 atom stereocenters. The minimum Gasteiger partial charge on any atom is -0.303 e. The van der Waals surface area contributed by atoms with Crippen molar-refractivity contribution in [2.45, 2.75) is 0 Å². The lowest BCUT2D eigenvalue weighted by Gasteiger charge is -2.01. The van der Waals surface area contributed by atoms with Crippen molar-refractivity contribution in [2.24, 2.45) is 5.10 Å². The predicted molar refractivity (Wildman–Crippen MR) is 46.6 cm³/mol. The molecule has 1 radical (unpaired) electrons. The summed E-state index contributed by atoms with van der Waals surface area (Å²) in [5.41, 5.74) is 1.07. The molecule has 0 amide bonds. The molecule has 0 aliphatic rings. The quantitative estimate of drug-likeness (QED) is 0.456. The minimum absolute atomic E-state index is 1.07. The van der Waals surface area contributed by atoms with Gasteiger partial charge in [0.1, 0.15) is 0 Å². The average Bonchev–Trinajstić information content (AvgIpc) is 2.03. The van der Waals surface area contributed by atoms with Crippen LogP contribution < -0.4 is 0 Å². The van der Waals surface area contributed by atoms with Crippen LogP contribution in [0.25, 0.3) is 0 Å². The number of hydrogen-bond acceptors (Lipinski definition) is 2. The molecule has 0 spiro atoms. The zero-order chi connectivity index (χ0) is 8.10. The second kappa shape index (κ2) is 3.76. The maximum absolute atomic E-state index is 4.08. The van der Waals surface area contributed by atoms with Crippen molar-refractivity contribution in [1.29, 1.82) is 0 Å². The molecule has 0 bridgehead atoms. The minimum atomic E-state index is 1.07. The molecule has 0 unspecified atom stereocenters. The second-order valence-electron chi connectivity index (χ2n) is 2.43. The van der Waals surface area contributed by atoms with E-state index in [1.165, 1.54) is 0 Å². The molecular formula is C9H11N2. The number of hydrazone groups is 1. The van der Waals surface area contributed by atoms with Crippen LogP contribution in [0, 0.1) is 6.07 Å². The number of nitrogens with zero attached hydrogens (tertiary/aromatic N) is 2. The van der Waals surface area contributed by atoms with Crippen LogP contribution in [0.5, 0.6) is 0 Å². The molecule has 0 aliphatic carbocycles. The van der Waals surface area contributed by atoms with Crippen molar-refractivity contribution in [1.82, 2.24) is 5.01 Å². The van der Waals surface area contributed by atoms with Crippen molar-refractivity contribution in [3.8, 4) is 0 Å². The van der Waals surface area contributed by atoms with Gasteiger partial charge in [-0.25, -0.2) is 0 Å². The van der Waals surface area contributed by atoms with E-state index in [0.717, 1.165) is 5.56 Å². The number of benzene rings is 1. The largest absolute Gasteiger partial charge is 0.303 e. The first kappa shape index (κ1) is 7.79. The smallest absolute Gasteiger partial charge is 0.0542 e. The van der Waals surface area contributed by atoms with E-state index in [0.29, 0.717) is 0 Å². The maximum atomic E-state index is 4.08. The molecule has 0 N–H and O–H groups in total. The van der Waals surface area contributed by atoms with Crippen molar-refractivity contribution >= 4 is 6.21 Å². The molecule has 2 heteroatoms. The van der Waals surface area contributed by atoms with E-state index >= 15 is 0 Å². The number of rotatable bonds is 2. The highest BCUT2D eigenvalue weighted by atomic mass is 15.4. The second-order valence-corrected chi connectivity index (χ2v) is 2.43. The van der Waals surface area contributed by atoms with E-state index in [-0.39, 0.29) is 0 Å². The van der Waals surface area contributed by atoms with E-state index in [1.54, 1.807) is 11.2 Å². The first-order chi connectivity index (χ1) is 5.29. The van der Waals surface area contributed by atoms with E-state index in [2.05, 4.69) is 11.2 Å². The Labute approximate surface area is 67.2 Å². The maximum Gasteiger partial charge on any atom is 0.0542 e. The molecule has 11 heavy (non-hydrogen) atoms. The van der Waals surface area contributed by atoms with Crippen LogP contribution in [0.4, 0.5) is 0 Å². The van der Waals surface area contributed by atoms with E-state index in [9.17, 15) is 0 Å². The Morgan fingerprint density at radius 2 is 2.36 bits per heavy atom. The highest BCUT2D eigenvalue weighted by molar-refractivity contribution is 5.78. The van der Waals surface area contributed by atoms with E-state index < -0.39 is 0 Å². The first-order valence-electron chi connectivity index (χ1n) is 3.46. The van der Waals surface area contributed by atoms with Gasteiger partial charge < -0.3 is 5.01 Å². The van der Waals surface area contributed by atoms with Crippen molar-refractivity contribution in [3.63, 3.8) is 0 Å². The van der Waals surface area contributed by atoms with Crippen LogP contribution in [0.3, 0.4) is 0 Å². The molecule has 0 saturated carbocycles.